The third kappa shape index (κ3) is 5.01. The van der Waals surface area contributed by atoms with E-state index in [9.17, 15) is 4.79 Å². The number of ether oxygens (including phenoxy) is 1. The fourth-order valence-corrected chi connectivity index (χ4v) is 3.77. The Morgan fingerprint density at radius 3 is 2.80 bits per heavy atom. The van der Waals surface area contributed by atoms with Gasteiger partial charge in [-0.15, -0.1) is 0 Å². The van der Waals surface area contributed by atoms with E-state index in [1.54, 1.807) is 23.0 Å². The van der Waals surface area contributed by atoms with Gasteiger partial charge in [-0.1, -0.05) is 23.7 Å². The predicted molar refractivity (Wildman–Crippen MR) is 119 cm³/mol. The highest BCUT2D eigenvalue weighted by Crippen LogP contribution is 2.33. The number of amides is 1. The normalized spacial score (nSPS) is 16.3. The van der Waals surface area contributed by atoms with Crippen molar-refractivity contribution in [3.63, 3.8) is 0 Å². The SMILES string of the molecule is Cn1nccc1-c1cc(NC(=O)Cc2ccc(Cl)cc2)ccc1O[C@H]1CCCNC1. The molecule has 2 heterocycles. The number of aromatic nitrogens is 2. The molecular weight excluding hydrogens is 400 g/mol. The van der Waals surface area contributed by atoms with Gasteiger partial charge in [0.25, 0.3) is 0 Å². The second-order valence-electron chi connectivity index (χ2n) is 7.49. The summed E-state index contributed by atoms with van der Waals surface area (Å²) in [5.41, 5.74) is 3.47. The number of nitrogens with one attached hydrogen (secondary N) is 2. The summed E-state index contributed by atoms with van der Waals surface area (Å²) >= 11 is 5.92. The number of hydrogen-bond donors (Lipinski definition) is 2. The third-order valence-corrected chi connectivity index (χ3v) is 5.44. The predicted octanol–water partition coefficient (Wildman–Crippen LogP) is 4.05. The van der Waals surface area contributed by atoms with Crippen LogP contribution in [0, 0.1) is 0 Å². The first-order chi connectivity index (χ1) is 14.6. The number of carbonyl (C=O) groups is 1. The minimum Gasteiger partial charge on any atom is -0.488 e. The number of anilines is 1. The molecule has 2 aromatic carbocycles. The van der Waals surface area contributed by atoms with Crippen LogP contribution in [0.1, 0.15) is 18.4 Å². The molecule has 4 rings (SSSR count). The van der Waals surface area contributed by atoms with Crippen molar-refractivity contribution in [2.75, 3.05) is 18.4 Å². The zero-order chi connectivity index (χ0) is 20.9. The average molecular weight is 425 g/mol. The summed E-state index contributed by atoms with van der Waals surface area (Å²) < 4.78 is 8.11. The molecule has 30 heavy (non-hydrogen) atoms. The molecule has 1 fully saturated rings. The zero-order valence-electron chi connectivity index (χ0n) is 16.9. The molecule has 156 valence electrons. The first-order valence-electron chi connectivity index (χ1n) is 10.1. The number of hydrogen-bond acceptors (Lipinski definition) is 4. The summed E-state index contributed by atoms with van der Waals surface area (Å²) in [5, 5.41) is 11.3. The van der Waals surface area contributed by atoms with Crippen molar-refractivity contribution in [3.05, 3.63) is 65.3 Å². The summed E-state index contributed by atoms with van der Waals surface area (Å²) in [5.74, 6) is 0.710. The van der Waals surface area contributed by atoms with Crippen LogP contribution in [0.2, 0.25) is 5.02 Å². The summed E-state index contributed by atoms with van der Waals surface area (Å²) in [6.45, 7) is 1.87. The highest BCUT2D eigenvalue weighted by molar-refractivity contribution is 6.30. The number of benzene rings is 2. The van der Waals surface area contributed by atoms with Crippen molar-refractivity contribution in [3.8, 4) is 17.0 Å². The van der Waals surface area contributed by atoms with Crippen LogP contribution in [0.4, 0.5) is 5.69 Å². The molecule has 0 radical (unpaired) electrons. The number of carbonyl (C=O) groups excluding carboxylic acids is 1. The van der Waals surface area contributed by atoms with Crippen LogP contribution in [-0.4, -0.2) is 34.9 Å². The molecule has 1 aromatic heterocycles. The van der Waals surface area contributed by atoms with E-state index < -0.39 is 0 Å². The van der Waals surface area contributed by atoms with Gasteiger partial charge in [0.1, 0.15) is 11.9 Å². The Morgan fingerprint density at radius 2 is 2.10 bits per heavy atom. The van der Waals surface area contributed by atoms with E-state index in [1.807, 2.05) is 43.4 Å². The van der Waals surface area contributed by atoms with Crippen molar-refractivity contribution in [2.45, 2.75) is 25.4 Å². The molecule has 1 aliphatic heterocycles. The summed E-state index contributed by atoms with van der Waals surface area (Å²) in [7, 11) is 1.90. The maximum Gasteiger partial charge on any atom is 0.228 e. The van der Waals surface area contributed by atoms with Gasteiger partial charge in [0, 0.05) is 36.1 Å². The summed E-state index contributed by atoms with van der Waals surface area (Å²) in [4.78, 5) is 12.5. The number of piperidine rings is 1. The molecular formula is C23H25ClN4O2. The number of halogens is 1. The molecule has 6 nitrogen and oxygen atoms in total. The number of rotatable bonds is 6. The van der Waals surface area contributed by atoms with E-state index in [4.69, 9.17) is 16.3 Å². The average Bonchev–Trinajstić information content (AvgIpc) is 3.17. The summed E-state index contributed by atoms with van der Waals surface area (Å²) in [6, 6.07) is 15.0. The van der Waals surface area contributed by atoms with Gasteiger partial charge in [-0.05, 0) is 61.3 Å². The number of aryl methyl sites for hydroxylation is 1. The lowest BCUT2D eigenvalue weighted by Gasteiger charge is -2.25. The van der Waals surface area contributed by atoms with Crippen molar-refractivity contribution < 1.29 is 9.53 Å². The topological polar surface area (TPSA) is 68.2 Å². The van der Waals surface area contributed by atoms with E-state index in [2.05, 4.69) is 15.7 Å². The number of nitrogens with zero attached hydrogens (tertiary/aromatic N) is 2. The van der Waals surface area contributed by atoms with E-state index >= 15 is 0 Å². The highest BCUT2D eigenvalue weighted by atomic mass is 35.5. The lowest BCUT2D eigenvalue weighted by molar-refractivity contribution is -0.115. The molecule has 7 heteroatoms. The quantitative estimate of drug-likeness (QED) is 0.626. The fraction of sp³-hybridized carbons (Fsp3) is 0.304. The minimum absolute atomic E-state index is 0.0848. The van der Waals surface area contributed by atoms with Crippen LogP contribution in [0.5, 0.6) is 5.75 Å². The lowest BCUT2D eigenvalue weighted by atomic mass is 10.1. The van der Waals surface area contributed by atoms with Crippen LogP contribution in [0.3, 0.4) is 0 Å². The first-order valence-corrected chi connectivity index (χ1v) is 10.5. The second-order valence-corrected chi connectivity index (χ2v) is 7.93. The molecule has 1 atom stereocenters. The smallest absolute Gasteiger partial charge is 0.228 e. The zero-order valence-corrected chi connectivity index (χ0v) is 17.7. The first kappa shape index (κ1) is 20.4. The molecule has 0 aliphatic carbocycles. The molecule has 1 aliphatic rings. The molecule has 0 saturated carbocycles. The molecule has 0 spiro atoms. The van der Waals surface area contributed by atoms with E-state index in [0.29, 0.717) is 5.02 Å². The highest BCUT2D eigenvalue weighted by Gasteiger charge is 2.18. The van der Waals surface area contributed by atoms with Crippen molar-refractivity contribution in [1.29, 1.82) is 0 Å². The van der Waals surface area contributed by atoms with Gasteiger partial charge in [-0.25, -0.2) is 0 Å². The Kier molecular flexibility index (Phi) is 6.35. The maximum absolute atomic E-state index is 12.5. The van der Waals surface area contributed by atoms with E-state index in [-0.39, 0.29) is 18.4 Å². The molecule has 0 bridgehead atoms. The fourth-order valence-electron chi connectivity index (χ4n) is 3.64. The molecule has 1 saturated heterocycles. The van der Waals surface area contributed by atoms with Crippen molar-refractivity contribution in [1.82, 2.24) is 15.1 Å². The Bertz CT molecular complexity index is 1010. The Morgan fingerprint density at radius 1 is 1.27 bits per heavy atom. The van der Waals surface area contributed by atoms with E-state index in [0.717, 1.165) is 54.2 Å². The van der Waals surface area contributed by atoms with E-state index in [1.165, 1.54) is 0 Å². The minimum atomic E-state index is -0.0848. The Balaban J connectivity index is 1.54. The van der Waals surface area contributed by atoms with Gasteiger partial charge in [-0.2, -0.15) is 5.10 Å². The van der Waals surface area contributed by atoms with Gasteiger partial charge in [0.15, 0.2) is 0 Å². The molecule has 1 amide bonds. The standard InChI is InChI=1S/C23H25ClN4O2/c1-28-21(10-12-26-28)20-14-18(8-9-22(20)30-19-3-2-11-25-15-19)27-23(29)13-16-4-6-17(24)7-5-16/h4-10,12,14,19,25H,2-3,11,13,15H2,1H3,(H,27,29)/t19-/m0/s1. The Labute approximate surface area is 181 Å². The Hall–Kier alpha value is -2.83. The second kappa shape index (κ2) is 9.32. The van der Waals surface area contributed by atoms with Crippen LogP contribution in [-0.2, 0) is 18.3 Å². The maximum atomic E-state index is 12.5. The van der Waals surface area contributed by atoms with Gasteiger partial charge >= 0.3 is 0 Å². The van der Waals surface area contributed by atoms with Gasteiger partial charge in [0.05, 0.1) is 12.1 Å². The van der Waals surface area contributed by atoms with Crippen LogP contribution < -0.4 is 15.4 Å². The molecule has 0 unspecified atom stereocenters. The van der Waals surface area contributed by atoms with Crippen LogP contribution in [0.15, 0.2) is 54.7 Å². The lowest BCUT2D eigenvalue weighted by Crippen LogP contribution is -2.37. The van der Waals surface area contributed by atoms with Gasteiger partial charge < -0.3 is 15.4 Å². The van der Waals surface area contributed by atoms with Gasteiger partial charge in [-0.3, -0.25) is 9.48 Å². The van der Waals surface area contributed by atoms with Crippen molar-refractivity contribution in [2.24, 2.45) is 7.05 Å². The molecule has 2 N–H and O–H groups in total. The van der Waals surface area contributed by atoms with Gasteiger partial charge in [0.2, 0.25) is 5.91 Å². The van der Waals surface area contributed by atoms with Crippen LogP contribution >= 0.6 is 11.6 Å². The largest absolute Gasteiger partial charge is 0.488 e. The summed E-state index contributed by atoms with van der Waals surface area (Å²) in [6.07, 6.45) is 4.30. The third-order valence-electron chi connectivity index (χ3n) is 5.18. The monoisotopic (exact) mass is 424 g/mol. The van der Waals surface area contributed by atoms with Crippen LogP contribution in [0.25, 0.3) is 11.3 Å². The molecule has 3 aromatic rings. The van der Waals surface area contributed by atoms with Crippen molar-refractivity contribution >= 4 is 23.2 Å².